The number of pyridine rings is 1. The molecule has 0 aliphatic carbocycles. The van der Waals surface area contributed by atoms with Crippen molar-refractivity contribution in [2.75, 3.05) is 12.3 Å². The molecule has 0 saturated heterocycles. The number of aromatic nitrogens is 1. The van der Waals surface area contributed by atoms with Crippen LogP contribution < -0.4 is 5.73 Å². The van der Waals surface area contributed by atoms with Crippen LogP contribution in [-0.2, 0) is 0 Å². The maximum absolute atomic E-state index is 7.99. The van der Waals surface area contributed by atoms with E-state index in [0.29, 0.717) is 11.3 Å². The Balaban J connectivity index is 2.88. The molecule has 0 bridgehead atoms. The largest absolute Gasteiger partial charge is 0.397 e. The maximum atomic E-state index is 7.99. The summed E-state index contributed by atoms with van der Waals surface area (Å²) >= 11 is 5.74. The Bertz CT molecular complexity index is 439. The van der Waals surface area contributed by atoms with Gasteiger partial charge in [-0.15, -0.1) is 0 Å². The van der Waals surface area contributed by atoms with Crippen LogP contribution in [-0.4, -0.2) is 11.5 Å². The van der Waals surface area contributed by atoms with Gasteiger partial charge in [-0.2, -0.15) is 0 Å². The first-order valence-electron chi connectivity index (χ1n) is 3.65. The van der Waals surface area contributed by atoms with E-state index in [1.54, 1.807) is 6.07 Å². The number of rotatable bonds is 1. The van der Waals surface area contributed by atoms with Gasteiger partial charge in [0.1, 0.15) is 5.15 Å². The average Bonchev–Trinajstić information content (AvgIpc) is 2.18. The summed E-state index contributed by atoms with van der Waals surface area (Å²) in [6.45, 7) is 0.0988. The van der Waals surface area contributed by atoms with Gasteiger partial charge in [-0.1, -0.05) is 28.6 Å². The summed E-state index contributed by atoms with van der Waals surface area (Å²) < 4.78 is 0. The monoisotopic (exact) mass is 207 g/mol. The number of nitrogen functional groups attached to an aromatic ring is 1. The van der Waals surface area contributed by atoms with Crippen molar-refractivity contribution < 1.29 is 0 Å². The second-order valence-electron chi connectivity index (χ2n) is 2.30. The van der Waals surface area contributed by atoms with Crippen LogP contribution in [0.2, 0.25) is 5.15 Å². The van der Waals surface area contributed by atoms with E-state index in [1.165, 1.54) is 6.20 Å². The predicted octanol–water partition coefficient (Wildman–Crippen LogP) is 1.98. The van der Waals surface area contributed by atoms with E-state index in [-0.39, 0.29) is 11.7 Å². The molecule has 0 aliphatic heterocycles. The molecule has 0 atom stereocenters. The number of nitrogens with two attached hydrogens (primary N) is 1. The van der Waals surface area contributed by atoms with Crippen molar-refractivity contribution in [3.8, 4) is 11.8 Å². The first kappa shape index (κ1) is 10.2. The SMILES string of the molecule is [N-]=[N+]=NCC#Cc1cc(N)cnc1Cl. The average molecular weight is 208 g/mol. The minimum absolute atomic E-state index is 0.0988. The molecule has 6 heteroatoms. The third-order valence-electron chi connectivity index (χ3n) is 1.30. The molecule has 0 radical (unpaired) electrons. The number of hydrogen-bond acceptors (Lipinski definition) is 3. The van der Waals surface area contributed by atoms with Crippen LogP contribution in [0, 0.1) is 11.8 Å². The lowest BCUT2D eigenvalue weighted by atomic mass is 10.2. The highest BCUT2D eigenvalue weighted by atomic mass is 35.5. The molecule has 0 unspecified atom stereocenters. The van der Waals surface area contributed by atoms with Gasteiger partial charge in [-0.25, -0.2) is 4.98 Å². The quantitative estimate of drug-likeness (QED) is 0.251. The molecule has 1 rings (SSSR count). The number of azide groups is 1. The third-order valence-corrected chi connectivity index (χ3v) is 1.60. The van der Waals surface area contributed by atoms with Crippen LogP contribution in [0.4, 0.5) is 5.69 Å². The summed E-state index contributed by atoms with van der Waals surface area (Å²) in [6, 6.07) is 1.61. The van der Waals surface area contributed by atoms with Crippen LogP contribution >= 0.6 is 11.6 Å². The Morgan fingerprint density at radius 3 is 3.21 bits per heavy atom. The molecular weight excluding hydrogens is 202 g/mol. The van der Waals surface area contributed by atoms with Crippen molar-refractivity contribution in [2.45, 2.75) is 0 Å². The third kappa shape index (κ3) is 2.87. The predicted molar refractivity (Wildman–Crippen MR) is 54.6 cm³/mol. The maximum Gasteiger partial charge on any atom is 0.144 e. The first-order chi connectivity index (χ1) is 6.74. The van der Waals surface area contributed by atoms with Crippen molar-refractivity contribution in [3.05, 3.63) is 33.4 Å². The van der Waals surface area contributed by atoms with Gasteiger partial charge in [0.15, 0.2) is 0 Å². The van der Waals surface area contributed by atoms with E-state index in [4.69, 9.17) is 22.9 Å². The van der Waals surface area contributed by atoms with E-state index in [1.807, 2.05) is 0 Å². The standard InChI is InChI=1S/C8H6ClN5/c9-8-6(2-1-3-13-14-11)4-7(10)5-12-8/h4-5H,3,10H2. The highest BCUT2D eigenvalue weighted by Crippen LogP contribution is 2.13. The number of hydrogen-bond donors (Lipinski definition) is 1. The second-order valence-corrected chi connectivity index (χ2v) is 2.66. The normalized spacial score (nSPS) is 8.36. The molecule has 0 amide bonds. The molecular formula is C8H6ClN5. The number of halogens is 1. The highest BCUT2D eigenvalue weighted by Gasteiger charge is 1.97. The van der Waals surface area contributed by atoms with Crippen LogP contribution in [0.25, 0.3) is 10.4 Å². The molecule has 70 valence electrons. The molecule has 0 saturated carbocycles. The topological polar surface area (TPSA) is 87.7 Å². The lowest BCUT2D eigenvalue weighted by molar-refractivity contribution is 1.25. The van der Waals surface area contributed by atoms with Gasteiger partial charge in [0.05, 0.1) is 24.0 Å². The molecule has 1 aromatic heterocycles. The van der Waals surface area contributed by atoms with Crippen LogP contribution in [0.3, 0.4) is 0 Å². The molecule has 0 spiro atoms. The van der Waals surface area contributed by atoms with Crippen LogP contribution in [0.15, 0.2) is 17.4 Å². The lowest BCUT2D eigenvalue weighted by Gasteiger charge is -1.95. The summed E-state index contributed by atoms with van der Waals surface area (Å²) in [5, 5.41) is 3.54. The molecule has 0 aliphatic rings. The lowest BCUT2D eigenvalue weighted by Crippen LogP contribution is -1.89. The summed E-state index contributed by atoms with van der Waals surface area (Å²) in [4.78, 5) is 6.37. The Labute approximate surface area is 85.5 Å². The van der Waals surface area contributed by atoms with E-state index in [0.717, 1.165) is 0 Å². The fourth-order valence-corrected chi connectivity index (χ4v) is 0.904. The molecule has 14 heavy (non-hydrogen) atoms. The Morgan fingerprint density at radius 2 is 2.50 bits per heavy atom. The van der Waals surface area contributed by atoms with Crippen molar-refractivity contribution >= 4 is 17.3 Å². The van der Waals surface area contributed by atoms with Gasteiger partial charge in [0.2, 0.25) is 0 Å². The first-order valence-corrected chi connectivity index (χ1v) is 4.02. The summed E-state index contributed by atoms with van der Waals surface area (Å²) in [5.74, 6) is 5.32. The highest BCUT2D eigenvalue weighted by molar-refractivity contribution is 6.30. The van der Waals surface area contributed by atoms with Crippen molar-refractivity contribution in [3.63, 3.8) is 0 Å². The summed E-state index contributed by atoms with van der Waals surface area (Å²) in [5.41, 5.74) is 14.5. The van der Waals surface area contributed by atoms with E-state index in [9.17, 15) is 0 Å². The van der Waals surface area contributed by atoms with E-state index >= 15 is 0 Å². The number of anilines is 1. The summed E-state index contributed by atoms with van der Waals surface area (Å²) in [7, 11) is 0. The molecule has 5 nitrogen and oxygen atoms in total. The molecule has 0 fully saturated rings. The van der Waals surface area contributed by atoms with Crippen LogP contribution in [0.1, 0.15) is 5.56 Å². The van der Waals surface area contributed by atoms with Gasteiger partial charge in [0.25, 0.3) is 0 Å². The van der Waals surface area contributed by atoms with Gasteiger partial charge >= 0.3 is 0 Å². The fraction of sp³-hybridized carbons (Fsp3) is 0.125. The minimum Gasteiger partial charge on any atom is -0.397 e. The summed E-state index contributed by atoms with van der Waals surface area (Å²) in [6.07, 6.45) is 1.45. The van der Waals surface area contributed by atoms with Gasteiger partial charge < -0.3 is 5.73 Å². The van der Waals surface area contributed by atoms with Gasteiger partial charge in [0, 0.05) is 4.91 Å². The smallest absolute Gasteiger partial charge is 0.144 e. The molecule has 1 aromatic rings. The fourth-order valence-electron chi connectivity index (χ4n) is 0.754. The van der Waals surface area contributed by atoms with E-state index in [2.05, 4.69) is 26.9 Å². The molecule has 2 N–H and O–H groups in total. The van der Waals surface area contributed by atoms with E-state index < -0.39 is 0 Å². The zero-order chi connectivity index (χ0) is 10.4. The van der Waals surface area contributed by atoms with Crippen molar-refractivity contribution in [1.82, 2.24) is 4.98 Å². The molecule has 1 heterocycles. The Morgan fingerprint density at radius 1 is 1.71 bits per heavy atom. The zero-order valence-electron chi connectivity index (χ0n) is 7.11. The van der Waals surface area contributed by atoms with Crippen molar-refractivity contribution in [2.24, 2.45) is 5.11 Å². The van der Waals surface area contributed by atoms with Crippen LogP contribution in [0.5, 0.6) is 0 Å². The second kappa shape index (κ2) is 4.97. The van der Waals surface area contributed by atoms with Crippen molar-refractivity contribution in [1.29, 1.82) is 0 Å². The zero-order valence-corrected chi connectivity index (χ0v) is 7.86. The van der Waals surface area contributed by atoms with Gasteiger partial charge in [-0.3, -0.25) is 0 Å². The Kier molecular flexibility index (Phi) is 3.62. The molecule has 0 aromatic carbocycles. The van der Waals surface area contributed by atoms with Gasteiger partial charge in [-0.05, 0) is 11.6 Å². The minimum atomic E-state index is 0.0988. The Hall–Kier alpha value is -1.89. The number of nitrogens with zero attached hydrogens (tertiary/aromatic N) is 4.